The molecule has 3 N–H and O–H groups in total. The maximum absolute atomic E-state index is 5.95. The van der Waals surface area contributed by atoms with Crippen LogP contribution in [0.25, 0.3) is 0 Å². The number of hydrogen-bond acceptors (Lipinski definition) is 3. The molecule has 0 amide bonds. The number of aliphatic imine (C=N–C) groups is 1. The highest BCUT2D eigenvalue weighted by Gasteiger charge is 2.21. The van der Waals surface area contributed by atoms with E-state index in [2.05, 4.69) is 53.3 Å². The smallest absolute Gasteiger partial charge is 0.193 e. The molecule has 1 aliphatic heterocycles. The first-order valence-corrected chi connectivity index (χ1v) is 9.16. The molecule has 0 radical (unpaired) electrons. The largest absolute Gasteiger partial charge is 0.373 e. The fraction of sp³-hybridized carbons (Fsp3) is 0.381. The van der Waals surface area contributed by atoms with Crippen LogP contribution in [0.2, 0.25) is 0 Å². The minimum absolute atomic E-state index is 0.299. The topological polar surface area (TPSA) is 62.9 Å². The zero-order valence-electron chi connectivity index (χ0n) is 15.6. The van der Waals surface area contributed by atoms with Gasteiger partial charge >= 0.3 is 0 Å². The molecule has 2 unspecified atom stereocenters. The summed E-state index contributed by atoms with van der Waals surface area (Å²) < 4.78 is 5.80. The summed E-state index contributed by atoms with van der Waals surface area (Å²) in [6, 6.07) is 18.4. The number of ether oxygens (including phenoxy) is 1. The second kappa shape index (κ2) is 8.83. The lowest BCUT2D eigenvalue weighted by Gasteiger charge is -2.35. The van der Waals surface area contributed by atoms with Gasteiger partial charge in [-0.2, -0.15) is 0 Å². The second-order valence-electron chi connectivity index (χ2n) is 6.96. The number of nitrogens with two attached hydrogens (primary N) is 1. The molecule has 2 aromatic carbocycles. The molecule has 2 aromatic rings. The second-order valence-corrected chi connectivity index (χ2v) is 6.96. The molecule has 1 saturated heterocycles. The van der Waals surface area contributed by atoms with Crippen LogP contribution >= 0.6 is 0 Å². The van der Waals surface area contributed by atoms with E-state index in [1.54, 1.807) is 0 Å². The summed E-state index contributed by atoms with van der Waals surface area (Å²) >= 11 is 0. The van der Waals surface area contributed by atoms with Crippen molar-refractivity contribution in [2.24, 2.45) is 10.7 Å². The lowest BCUT2D eigenvalue weighted by molar-refractivity contribution is -0.0704. The summed E-state index contributed by atoms with van der Waals surface area (Å²) in [5.41, 5.74) is 9.36. The van der Waals surface area contributed by atoms with Gasteiger partial charge in [0.25, 0.3) is 0 Å². The number of guanidine groups is 1. The molecule has 0 aromatic heterocycles. The average Bonchev–Trinajstić information content (AvgIpc) is 2.61. The van der Waals surface area contributed by atoms with E-state index in [9.17, 15) is 0 Å². The van der Waals surface area contributed by atoms with Crippen molar-refractivity contribution >= 4 is 11.6 Å². The van der Waals surface area contributed by atoms with E-state index in [-0.39, 0.29) is 0 Å². The molecule has 0 spiro atoms. The Kier molecular flexibility index (Phi) is 6.26. The van der Waals surface area contributed by atoms with E-state index in [0.29, 0.717) is 24.7 Å². The van der Waals surface area contributed by atoms with Gasteiger partial charge in [-0.1, -0.05) is 42.5 Å². The standard InChI is InChI=1S/C21H28N4O/c1-16-13-25(14-17(2)26-16)15-19-10-8-18(9-11-19)12-23-21(22)24-20-6-4-3-5-7-20/h3-11,16-17H,12-15H2,1-2H3,(H3,22,23,24). The van der Waals surface area contributed by atoms with Crippen LogP contribution in [0.5, 0.6) is 0 Å². The Balaban J connectivity index is 1.52. The van der Waals surface area contributed by atoms with E-state index in [0.717, 1.165) is 30.9 Å². The summed E-state index contributed by atoms with van der Waals surface area (Å²) in [5.74, 6) is 0.427. The lowest BCUT2D eigenvalue weighted by Crippen LogP contribution is -2.44. The molecule has 0 saturated carbocycles. The minimum atomic E-state index is 0.299. The Morgan fingerprint density at radius 3 is 2.31 bits per heavy atom. The number of benzene rings is 2. The van der Waals surface area contributed by atoms with Gasteiger partial charge in [0.2, 0.25) is 0 Å². The van der Waals surface area contributed by atoms with Gasteiger partial charge in [0.05, 0.1) is 18.8 Å². The SMILES string of the molecule is CC1CN(Cc2ccc(CN=C(N)Nc3ccccc3)cc2)CC(C)O1. The highest BCUT2D eigenvalue weighted by Crippen LogP contribution is 2.15. The van der Waals surface area contributed by atoms with Crippen molar-refractivity contribution in [2.75, 3.05) is 18.4 Å². The Morgan fingerprint density at radius 2 is 1.65 bits per heavy atom. The van der Waals surface area contributed by atoms with Crippen molar-refractivity contribution in [3.05, 3.63) is 65.7 Å². The molecule has 1 heterocycles. The minimum Gasteiger partial charge on any atom is -0.373 e. The molecule has 5 heteroatoms. The van der Waals surface area contributed by atoms with E-state index < -0.39 is 0 Å². The van der Waals surface area contributed by atoms with E-state index in [1.807, 2.05) is 30.3 Å². The van der Waals surface area contributed by atoms with Crippen molar-refractivity contribution in [3.8, 4) is 0 Å². The van der Waals surface area contributed by atoms with Crippen LogP contribution in [0, 0.1) is 0 Å². The molecule has 0 aliphatic carbocycles. The van der Waals surface area contributed by atoms with Crippen LogP contribution in [-0.4, -0.2) is 36.2 Å². The molecule has 1 aliphatic rings. The van der Waals surface area contributed by atoms with Crippen LogP contribution in [0.3, 0.4) is 0 Å². The van der Waals surface area contributed by atoms with Crippen molar-refractivity contribution < 1.29 is 4.74 Å². The van der Waals surface area contributed by atoms with Gasteiger partial charge in [-0.3, -0.25) is 4.90 Å². The van der Waals surface area contributed by atoms with Crippen LogP contribution in [-0.2, 0) is 17.8 Å². The predicted molar refractivity (Wildman–Crippen MR) is 107 cm³/mol. The molecule has 0 bridgehead atoms. The third kappa shape index (κ3) is 5.58. The third-order valence-corrected chi connectivity index (χ3v) is 4.40. The molecule has 3 rings (SSSR count). The van der Waals surface area contributed by atoms with Crippen LogP contribution in [0.4, 0.5) is 5.69 Å². The molecule has 26 heavy (non-hydrogen) atoms. The van der Waals surface area contributed by atoms with E-state index in [1.165, 1.54) is 5.56 Å². The van der Waals surface area contributed by atoms with Crippen LogP contribution in [0.15, 0.2) is 59.6 Å². The highest BCUT2D eigenvalue weighted by atomic mass is 16.5. The first-order valence-electron chi connectivity index (χ1n) is 9.16. The third-order valence-electron chi connectivity index (χ3n) is 4.40. The Bertz CT molecular complexity index is 705. The first-order chi connectivity index (χ1) is 12.6. The van der Waals surface area contributed by atoms with Crippen molar-refractivity contribution in [2.45, 2.75) is 39.1 Å². The number of para-hydroxylation sites is 1. The lowest BCUT2D eigenvalue weighted by atomic mass is 10.1. The number of nitrogens with one attached hydrogen (secondary N) is 1. The zero-order valence-corrected chi connectivity index (χ0v) is 15.6. The van der Waals surface area contributed by atoms with Gasteiger partial charge in [-0.15, -0.1) is 0 Å². The number of morpholine rings is 1. The van der Waals surface area contributed by atoms with Crippen molar-refractivity contribution in [1.82, 2.24) is 4.90 Å². The summed E-state index contributed by atoms with van der Waals surface area (Å²) in [5, 5.41) is 3.10. The highest BCUT2D eigenvalue weighted by molar-refractivity contribution is 5.92. The first kappa shape index (κ1) is 18.4. The zero-order chi connectivity index (χ0) is 18.4. The van der Waals surface area contributed by atoms with Gasteiger partial charge in [0, 0.05) is 25.3 Å². The quantitative estimate of drug-likeness (QED) is 0.641. The van der Waals surface area contributed by atoms with Crippen molar-refractivity contribution in [3.63, 3.8) is 0 Å². The number of hydrogen-bond donors (Lipinski definition) is 2. The molecule has 5 nitrogen and oxygen atoms in total. The molecule has 2 atom stereocenters. The Morgan fingerprint density at radius 1 is 1.04 bits per heavy atom. The van der Waals surface area contributed by atoms with Crippen LogP contribution < -0.4 is 11.1 Å². The van der Waals surface area contributed by atoms with E-state index in [4.69, 9.17) is 10.5 Å². The number of rotatable bonds is 5. The normalized spacial score (nSPS) is 21.5. The summed E-state index contributed by atoms with van der Waals surface area (Å²) in [6.45, 7) is 7.77. The summed E-state index contributed by atoms with van der Waals surface area (Å²) in [7, 11) is 0. The Hall–Kier alpha value is -2.37. The van der Waals surface area contributed by atoms with Gasteiger partial charge in [0.15, 0.2) is 5.96 Å². The maximum Gasteiger partial charge on any atom is 0.193 e. The average molecular weight is 352 g/mol. The predicted octanol–water partition coefficient (Wildman–Crippen LogP) is 3.22. The molecular formula is C21H28N4O. The van der Waals surface area contributed by atoms with E-state index >= 15 is 0 Å². The van der Waals surface area contributed by atoms with Gasteiger partial charge in [0.1, 0.15) is 0 Å². The van der Waals surface area contributed by atoms with Gasteiger partial charge in [-0.25, -0.2) is 4.99 Å². The molecular weight excluding hydrogens is 324 g/mol. The number of nitrogens with zero attached hydrogens (tertiary/aromatic N) is 2. The van der Waals surface area contributed by atoms with Gasteiger partial charge in [-0.05, 0) is 37.1 Å². The summed E-state index contributed by atoms with van der Waals surface area (Å²) in [4.78, 5) is 6.86. The van der Waals surface area contributed by atoms with Crippen LogP contribution in [0.1, 0.15) is 25.0 Å². The maximum atomic E-state index is 5.95. The Labute approximate surface area is 155 Å². The monoisotopic (exact) mass is 352 g/mol. The van der Waals surface area contributed by atoms with Crippen molar-refractivity contribution in [1.29, 1.82) is 0 Å². The summed E-state index contributed by atoms with van der Waals surface area (Å²) in [6.07, 6.45) is 0.597. The fourth-order valence-electron chi connectivity index (χ4n) is 3.31. The number of anilines is 1. The molecule has 1 fully saturated rings. The molecule has 138 valence electrons. The van der Waals surface area contributed by atoms with Gasteiger partial charge < -0.3 is 15.8 Å². The fourth-order valence-corrected chi connectivity index (χ4v) is 3.31.